The van der Waals surface area contributed by atoms with Crippen molar-refractivity contribution in [2.45, 2.75) is 13.1 Å². The van der Waals surface area contributed by atoms with Crippen LogP contribution in [0.1, 0.15) is 11.6 Å². The number of hydrogen-bond donors (Lipinski definition) is 2. The van der Waals surface area contributed by atoms with Gasteiger partial charge >= 0.3 is 0 Å². The average molecular weight is 391 g/mol. The van der Waals surface area contributed by atoms with Crippen LogP contribution < -0.4 is 11.1 Å². The van der Waals surface area contributed by atoms with Crippen molar-refractivity contribution in [3.05, 3.63) is 80.9 Å². The molecule has 0 atom stereocenters. The average Bonchev–Trinajstić information content (AvgIpc) is 2.72. The summed E-state index contributed by atoms with van der Waals surface area (Å²) in [5, 5.41) is 1.11. The second-order valence-corrected chi connectivity index (χ2v) is 6.76. The lowest BCUT2D eigenvalue weighted by Gasteiger charge is -2.21. The number of para-hydroxylation sites is 2. The Bertz CT molecular complexity index is 1170. The third-order valence-corrected chi connectivity index (χ3v) is 4.68. The summed E-state index contributed by atoms with van der Waals surface area (Å²) in [5.74, 6) is 1.10. The highest BCUT2D eigenvalue weighted by atomic mass is 16.5. The molecule has 2 aromatic heterocycles. The molecule has 0 aliphatic carbocycles. The topological polar surface area (TPSA) is 104 Å². The highest BCUT2D eigenvalue weighted by Gasteiger charge is 2.13. The van der Waals surface area contributed by atoms with Crippen molar-refractivity contribution in [2.24, 2.45) is 0 Å². The maximum atomic E-state index is 12.3. The quantitative estimate of drug-likeness (QED) is 0.498. The van der Waals surface area contributed by atoms with Crippen LogP contribution in [0.15, 0.2) is 58.1 Å². The van der Waals surface area contributed by atoms with Gasteiger partial charge < -0.3 is 14.7 Å². The first-order valence-electron chi connectivity index (χ1n) is 9.31. The maximum Gasteiger partial charge on any atom is 0.258 e. The number of hydrogen-bond acceptors (Lipinski definition) is 6. The van der Waals surface area contributed by atoms with E-state index >= 15 is 0 Å². The predicted octanol–water partition coefficient (Wildman–Crippen LogP) is 1.81. The predicted molar refractivity (Wildman–Crippen MR) is 111 cm³/mol. The van der Waals surface area contributed by atoms with E-state index in [9.17, 15) is 9.59 Å². The molecule has 0 aliphatic rings. The van der Waals surface area contributed by atoms with Crippen molar-refractivity contribution in [2.75, 3.05) is 20.3 Å². The molecule has 0 fully saturated rings. The van der Waals surface area contributed by atoms with Gasteiger partial charge in [0.15, 0.2) is 0 Å². The van der Waals surface area contributed by atoms with Gasteiger partial charge in [0.2, 0.25) is 0 Å². The number of aromatic nitrogens is 4. The second-order valence-electron chi connectivity index (χ2n) is 6.76. The van der Waals surface area contributed by atoms with Crippen molar-refractivity contribution in [3.8, 4) is 0 Å². The number of nitrogens with one attached hydrogen (secondary N) is 2. The minimum absolute atomic E-state index is 0.172. The molecule has 4 rings (SSSR count). The molecule has 0 bridgehead atoms. The van der Waals surface area contributed by atoms with E-state index in [2.05, 4.69) is 19.9 Å². The van der Waals surface area contributed by atoms with Gasteiger partial charge in [-0.3, -0.25) is 14.5 Å². The van der Waals surface area contributed by atoms with Gasteiger partial charge in [0.1, 0.15) is 11.6 Å². The van der Waals surface area contributed by atoms with E-state index in [1.165, 1.54) is 0 Å². The van der Waals surface area contributed by atoms with Gasteiger partial charge in [0, 0.05) is 13.7 Å². The molecule has 0 saturated carbocycles. The normalized spacial score (nSPS) is 11.5. The molecule has 8 heteroatoms. The van der Waals surface area contributed by atoms with Gasteiger partial charge in [-0.1, -0.05) is 24.3 Å². The van der Waals surface area contributed by atoms with Gasteiger partial charge in [0.25, 0.3) is 11.1 Å². The third kappa shape index (κ3) is 4.23. The third-order valence-electron chi connectivity index (χ3n) is 4.68. The zero-order chi connectivity index (χ0) is 20.2. The molecule has 0 radical (unpaired) electrons. The van der Waals surface area contributed by atoms with Crippen LogP contribution in [0.2, 0.25) is 0 Å². The molecule has 148 valence electrons. The van der Waals surface area contributed by atoms with Crippen molar-refractivity contribution in [1.29, 1.82) is 0 Å². The Morgan fingerprint density at radius 3 is 1.79 bits per heavy atom. The highest BCUT2D eigenvalue weighted by molar-refractivity contribution is 5.77. The minimum atomic E-state index is -0.172. The van der Waals surface area contributed by atoms with Crippen molar-refractivity contribution in [1.82, 2.24) is 24.8 Å². The fourth-order valence-electron chi connectivity index (χ4n) is 3.28. The van der Waals surface area contributed by atoms with Gasteiger partial charge in [-0.25, -0.2) is 9.97 Å². The van der Waals surface area contributed by atoms with Gasteiger partial charge in [0.05, 0.1) is 41.5 Å². The molecule has 29 heavy (non-hydrogen) atoms. The maximum absolute atomic E-state index is 12.3. The van der Waals surface area contributed by atoms with E-state index in [1.807, 2.05) is 41.3 Å². The van der Waals surface area contributed by atoms with Gasteiger partial charge in [-0.05, 0) is 24.3 Å². The van der Waals surface area contributed by atoms with E-state index in [0.717, 1.165) is 0 Å². The van der Waals surface area contributed by atoms with E-state index in [-0.39, 0.29) is 11.1 Å². The Hall–Kier alpha value is -3.36. The first-order chi connectivity index (χ1) is 14.1. The zero-order valence-corrected chi connectivity index (χ0v) is 16.0. The number of fused-ring (bicyclic) bond motifs is 2. The highest BCUT2D eigenvalue weighted by Crippen LogP contribution is 2.10. The SMILES string of the molecule is COCCN(Cc1nc2ccccc2c(=O)[nH]1)Cc1nc2ccccc2c(=O)[nH]1. The van der Waals surface area contributed by atoms with E-state index in [1.54, 1.807) is 19.2 Å². The van der Waals surface area contributed by atoms with Crippen LogP contribution >= 0.6 is 0 Å². The fourth-order valence-corrected chi connectivity index (χ4v) is 3.28. The Balaban J connectivity index is 1.63. The molecule has 0 unspecified atom stereocenters. The number of ether oxygens (including phenoxy) is 1. The molecule has 4 aromatic rings. The lowest BCUT2D eigenvalue weighted by molar-refractivity contribution is 0.136. The molecule has 0 saturated heterocycles. The summed E-state index contributed by atoms with van der Waals surface area (Å²) < 4.78 is 5.21. The molecule has 0 aliphatic heterocycles. The van der Waals surface area contributed by atoms with Crippen LogP contribution in [0.25, 0.3) is 21.8 Å². The first kappa shape index (κ1) is 19.0. The summed E-state index contributed by atoms with van der Waals surface area (Å²) in [6.45, 7) is 1.86. The minimum Gasteiger partial charge on any atom is -0.383 e. The van der Waals surface area contributed by atoms with E-state index < -0.39 is 0 Å². The number of H-pyrrole nitrogens is 2. The number of nitrogens with zero attached hydrogens (tertiary/aromatic N) is 3. The summed E-state index contributed by atoms with van der Waals surface area (Å²) in [4.78, 5) is 41.5. The Kier molecular flexibility index (Phi) is 5.46. The summed E-state index contributed by atoms with van der Waals surface area (Å²) in [5.41, 5.74) is 0.953. The Labute approximate surface area is 166 Å². The van der Waals surface area contributed by atoms with E-state index in [4.69, 9.17) is 4.74 Å². The summed E-state index contributed by atoms with van der Waals surface area (Å²) >= 11 is 0. The van der Waals surface area contributed by atoms with Crippen molar-refractivity contribution in [3.63, 3.8) is 0 Å². The molecule has 2 N–H and O–H groups in total. The van der Waals surface area contributed by atoms with Gasteiger partial charge in [-0.15, -0.1) is 0 Å². The first-order valence-corrected chi connectivity index (χ1v) is 9.31. The smallest absolute Gasteiger partial charge is 0.258 e. The fraction of sp³-hybridized carbons (Fsp3) is 0.238. The van der Waals surface area contributed by atoms with Gasteiger partial charge in [-0.2, -0.15) is 0 Å². The molecule has 8 nitrogen and oxygen atoms in total. The van der Waals surface area contributed by atoms with Crippen LogP contribution in [-0.4, -0.2) is 45.1 Å². The lowest BCUT2D eigenvalue weighted by Crippen LogP contribution is -2.30. The molecular formula is C21H21N5O3. The zero-order valence-electron chi connectivity index (χ0n) is 16.0. The largest absolute Gasteiger partial charge is 0.383 e. The number of aromatic amines is 2. The Morgan fingerprint density at radius 1 is 0.828 bits per heavy atom. The number of rotatable bonds is 7. The van der Waals surface area contributed by atoms with Crippen LogP contribution in [-0.2, 0) is 17.8 Å². The molecule has 0 amide bonds. The standard InChI is InChI=1S/C21H21N5O3/c1-29-11-10-26(12-18-22-16-8-4-2-6-14(16)20(27)24-18)13-19-23-17-9-5-3-7-15(17)21(28)25-19/h2-9H,10-13H2,1H3,(H,22,24,27)(H,23,25,28). The molecule has 2 aromatic carbocycles. The summed E-state index contributed by atoms with van der Waals surface area (Å²) in [6, 6.07) is 14.5. The van der Waals surface area contributed by atoms with Crippen LogP contribution in [0.4, 0.5) is 0 Å². The van der Waals surface area contributed by atoms with E-state index in [0.29, 0.717) is 59.7 Å². The monoisotopic (exact) mass is 391 g/mol. The Morgan fingerprint density at radius 2 is 1.31 bits per heavy atom. The lowest BCUT2D eigenvalue weighted by atomic mass is 10.2. The molecule has 2 heterocycles. The summed E-state index contributed by atoms with van der Waals surface area (Å²) in [7, 11) is 1.63. The number of methoxy groups -OCH3 is 1. The van der Waals surface area contributed by atoms with Crippen LogP contribution in [0, 0.1) is 0 Å². The second kappa shape index (κ2) is 8.34. The molecular weight excluding hydrogens is 370 g/mol. The van der Waals surface area contributed by atoms with Crippen LogP contribution in [0.3, 0.4) is 0 Å². The number of benzene rings is 2. The van der Waals surface area contributed by atoms with Crippen molar-refractivity contribution < 1.29 is 4.74 Å². The van der Waals surface area contributed by atoms with Crippen molar-refractivity contribution >= 4 is 21.8 Å². The summed E-state index contributed by atoms with van der Waals surface area (Å²) in [6.07, 6.45) is 0. The van der Waals surface area contributed by atoms with Crippen LogP contribution in [0.5, 0.6) is 0 Å². The molecule has 0 spiro atoms.